The summed E-state index contributed by atoms with van der Waals surface area (Å²) < 4.78 is 62.0. The Balaban J connectivity index is 1.66. The molecule has 3 aromatic rings. The summed E-state index contributed by atoms with van der Waals surface area (Å²) in [5.74, 6) is -1.12. The summed E-state index contributed by atoms with van der Waals surface area (Å²) >= 11 is 3.47. The van der Waals surface area contributed by atoms with Crippen LogP contribution in [0, 0.1) is 0 Å². The number of carbonyl (C=O) groups excluding carboxylic acids is 1. The number of esters is 1. The molecule has 0 spiro atoms. The molecule has 1 aromatic heterocycles. The van der Waals surface area contributed by atoms with E-state index in [1.54, 1.807) is 6.92 Å². The first-order valence-corrected chi connectivity index (χ1v) is 11.4. The van der Waals surface area contributed by atoms with Crippen LogP contribution in [0.4, 0.5) is 13.2 Å². The number of aromatic nitrogens is 2. The molecule has 0 amide bonds. The number of hydrogen-bond donors (Lipinski definition) is 0. The van der Waals surface area contributed by atoms with Crippen LogP contribution in [-0.2, 0) is 27.3 Å². The van der Waals surface area contributed by atoms with E-state index >= 15 is 0 Å². The van der Waals surface area contributed by atoms with Crippen molar-refractivity contribution in [2.24, 2.45) is 0 Å². The quantitative estimate of drug-likeness (QED) is 0.357. The highest BCUT2D eigenvalue weighted by atomic mass is 79.9. The van der Waals surface area contributed by atoms with E-state index in [2.05, 4.69) is 20.7 Å². The Morgan fingerprint density at radius 1 is 1.26 bits per heavy atom. The minimum Gasteiger partial charge on any atom is -0.487 e. The average molecular weight is 543 g/mol. The molecular weight excluding hydrogens is 521 g/mol. The second kappa shape index (κ2) is 10.2. The van der Waals surface area contributed by atoms with Gasteiger partial charge in [-0.15, -0.1) is 13.2 Å². The highest BCUT2D eigenvalue weighted by Gasteiger charge is 2.33. The Hall–Kier alpha value is -2.79. The molecule has 1 atom stereocenters. The van der Waals surface area contributed by atoms with E-state index in [9.17, 15) is 18.0 Å². The fourth-order valence-corrected chi connectivity index (χ4v) is 4.22. The van der Waals surface area contributed by atoms with Gasteiger partial charge in [0, 0.05) is 22.0 Å². The Labute approximate surface area is 201 Å². The van der Waals surface area contributed by atoms with E-state index in [1.807, 2.05) is 22.9 Å². The Morgan fingerprint density at radius 3 is 2.76 bits per heavy atom. The number of ether oxygens (including phenoxy) is 4. The predicted molar refractivity (Wildman–Crippen MR) is 120 cm³/mol. The molecule has 0 radical (unpaired) electrons. The molecule has 4 rings (SSSR count). The normalized spacial score (nSPS) is 16.1. The standard InChI is InChI=1S/C23H22BrF3N2O5/c1-2-32-22(30)11-17-20(4-3-5-21(17)34-23(25,26)27)33-13-18-16-10-14(24)6-7-19(16)29(28-18)15-8-9-31-12-15/h3-7,10,15H,2,8-9,11-13H2,1H3. The van der Waals surface area contributed by atoms with Gasteiger partial charge >= 0.3 is 12.3 Å². The molecule has 1 fully saturated rings. The molecule has 2 aromatic carbocycles. The molecule has 7 nitrogen and oxygen atoms in total. The Kier molecular flexibility index (Phi) is 7.32. The fraction of sp³-hybridized carbons (Fsp3) is 0.391. The third-order valence-electron chi connectivity index (χ3n) is 5.30. The summed E-state index contributed by atoms with van der Waals surface area (Å²) in [7, 11) is 0. The summed E-state index contributed by atoms with van der Waals surface area (Å²) in [6, 6.07) is 9.84. The van der Waals surface area contributed by atoms with Gasteiger partial charge in [0.15, 0.2) is 0 Å². The number of halogens is 4. The molecule has 0 N–H and O–H groups in total. The van der Waals surface area contributed by atoms with Crippen molar-refractivity contribution in [3.05, 3.63) is 52.1 Å². The number of fused-ring (bicyclic) bond motifs is 1. The lowest BCUT2D eigenvalue weighted by Gasteiger charge is -2.16. The van der Waals surface area contributed by atoms with Gasteiger partial charge in [-0.3, -0.25) is 9.48 Å². The van der Waals surface area contributed by atoms with Gasteiger partial charge in [-0.2, -0.15) is 5.10 Å². The zero-order valence-electron chi connectivity index (χ0n) is 18.2. The lowest BCUT2D eigenvalue weighted by Crippen LogP contribution is -2.19. The SMILES string of the molecule is CCOC(=O)Cc1c(OCc2nn(C3CCOC3)c3ccc(Br)cc23)cccc1OC(F)(F)F. The minimum atomic E-state index is -4.92. The van der Waals surface area contributed by atoms with Gasteiger partial charge in [-0.25, -0.2) is 0 Å². The van der Waals surface area contributed by atoms with Crippen molar-refractivity contribution < 1.29 is 36.9 Å². The van der Waals surface area contributed by atoms with Crippen LogP contribution < -0.4 is 9.47 Å². The first-order valence-electron chi connectivity index (χ1n) is 10.7. The number of benzene rings is 2. The van der Waals surface area contributed by atoms with Crippen molar-refractivity contribution in [3.8, 4) is 11.5 Å². The molecule has 182 valence electrons. The maximum Gasteiger partial charge on any atom is 0.573 e. The van der Waals surface area contributed by atoms with Crippen LogP contribution in [0.3, 0.4) is 0 Å². The van der Waals surface area contributed by atoms with E-state index in [-0.39, 0.29) is 30.6 Å². The van der Waals surface area contributed by atoms with Crippen LogP contribution in [0.2, 0.25) is 0 Å². The molecule has 0 aliphatic carbocycles. The van der Waals surface area contributed by atoms with Crippen molar-refractivity contribution in [1.29, 1.82) is 0 Å². The summed E-state index contributed by atoms with van der Waals surface area (Å²) in [4.78, 5) is 12.1. The monoisotopic (exact) mass is 542 g/mol. The number of carbonyl (C=O) groups is 1. The molecule has 1 aliphatic heterocycles. The predicted octanol–water partition coefficient (Wildman–Crippen LogP) is 5.34. The van der Waals surface area contributed by atoms with E-state index in [1.165, 1.54) is 12.1 Å². The molecule has 1 saturated heterocycles. The number of nitrogens with zero attached hydrogens (tertiary/aromatic N) is 2. The van der Waals surface area contributed by atoms with Crippen molar-refractivity contribution in [3.63, 3.8) is 0 Å². The molecular formula is C23H22BrF3N2O5. The van der Waals surface area contributed by atoms with Crippen molar-refractivity contribution >= 4 is 32.8 Å². The second-order valence-corrected chi connectivity index (χ2v) is 8.54. The van der Waals surface area contributed by atoms with Crippen LogP contribution in [0.1, 0.15) is 30.6 Å². The van der Waals surface area contributed by atoms with Gasteiger partial charge in [-0.1, -0.05) is 22.0 Å². The first kappa shape index (κ1) is 24.3. The highest BCUT2D eigenvalue weighted by molar-refractivity contribution is 9.10. The van der Waals surface area contributed by atoms with Gasteiger partial charge in [0.1, 0.15) is 23.8 Å². The minimum absolute atomic E-state index is 0.0289. The molecule has 11 heteroatoms. The molecule has 0 bridgehead atoms. The van der Waals surface area contributed by atoms with Crippen LogP contribution >= 0.6 is 15.9 Å². The largest absolute Gasteiger partial charge is 0.573 e. The summed E-state index contributed by atoms with van der Waals surface area (Å²) in [6.07, 6.45) is -4.53. The van der Waals surface area contributed by atoms with Crippen molar-refractivity contribution in [2.75, 3.05) is 19.8 Å². The zero-order chi connectivity index (χ0) is 24.3. The highest BCUT2D eigenvalue weighted by Crippen LogP contribution is 2.35. The summed E-state index contributed by atoms with van der Waals surface area (Å²) in [6.45, 7) is 2.88. The number of hydrogen-bond acceptors (Lipinski definition) is 6. The Morgan fingerprint density at radius 2 is 2.06 bits per heavy atom. The van der Waals surface area contributed by atoms with E-state index in [0.717, 1.165) is 27.9 Å². The maximum absolute atomic E-state index is 12.9. The topological polar surface area (TPSA) is 71.8 Å². The van der Waals surface area contributed by atoms with Crippen LogP contribution in [-0.4, -0.2) is 41.9 Å². The molecule has 1 aliphatic rings. The van der Waals surface area contributed by atoms with Gasteiger partial charge in [-0.05, 0) is 43.7 Å². The van der Waals surface area contributed by atoms with Crippen LogP contribution in [0.15, 0.2) is 40.9 Å². The number of alkyl halides is 3. The maximum atomic E-state index is 12.9. The molecule has 0 saturated carbocycles. The molecule has 34 heavy (non-hydrogen) atoms. The third kappa shape index (κ3) is 5.64. The summed E-state index contributed by atoms with van der Waals surface area (Å²) in [5, 5.41) is 5.56. The van der Waals surface area contributed by atoms with E-state index < -0.39 is 24.5 Å². The van der Waals surface area contributed by atoms with Gasteiger partial charge in [0.25, 0.3) is 0 Å². The zero-order valence-corrected chi connectivity index (χ0v) is 19.8. The second-order valence-electron chi connectivity index (χ2n) is 7.62. The van der Waals surface area contributed by atoms with Crippen LogP contribution in [0.5, 0.6) is 11.5 Å². The van der Waals surface area contributed by atoms with Gasteiger partial charge in [0.05, 0.1) is 31.2 Å². The van der Waals surface area contributed by atoms with Gasteiger partial charge < -0.3 is 18.9 Å². The third-order valence-corrected chi connectivity index (χ3v) is 5.80. The number of rotatable bonds is 8. The summed E-state index contributed by atoms with van der Waals surface area (Å²) in [5.41, 5.74) is 1.46. The first-order chi connectivity index (χ1) is 16.2. The van der Waals surface area contributed by atoms with Crippen molar-refractivity contribution in [2.45, 2.75) is 38.8 Å². The smallest absolute Gasteiger partial charge is 0.487 e. The van der Waals surface area contributed by atoms with E-state index in [4.69, 9.17) is 19.3 Å². The van der Waals surface area contributed by atoms with E-state index in [0.29, 0.717) is 18.9 Å². The van der Waals surface area contributed by atoms with Crippen LogP contribution in [0.25, 0.3) is 10.9 Å². The average Bonchev–Trinajstić information content (AvgIpc) is 3.41. The lowest BCUT2D eigenvalue weighted by atomic mass is 10.1. The van der Waals surface area contributed by atoms with Gasteiger partial charge in [0.2, 0.25) is 0 Å². The Bertz CT molecular complexity index is 1180. The van der Waals surface area contributed by atoms with Crippen molar-refractivity contribution in [1.82, 2.24) is 9.78 Å². The lowest BCUT2D eigenvalue weighted by molar-refractivity contribution is -0.275. The molecule has 2 heterocycles. The fourth-order valence-electron chi connectivity index (χ4n) is 3.85. The molecule has 1 unspecified atom stereocenters.